The first-order valence-electron chi connectivity index (χ1n) is 7.16. The number of rotatable bonds is 5. The molecule has 1 saturated carbocycles. The van der Waals surface area contributed by atoms with Crippen LogP contribution in [0.5, 0.6) is 0 Å². The van der Waals surface area contributed by atoms with Crippen molar-refractivity contribution in [2.24, 2.45) is 11.1 Å². The summed E-state index contributed by atoms with van der Waals surface area (Å²) in [6.07, 6.45) is 3.60. The molecule has 0 radical (unpaired) electrons. The number of hydrogen-bond acceptors (Lipinski definition) is 3. The quantitative estimate of drug-likeness (QED) is 0.826. The Kier molecular flexibility index (Phi) is 4.38. The van der Waals surface area contributed by atoms with Gasteiger partial charge in [0, 0.05) is 24.7 Å². The van der Waals surface area contributed by atoms with Crippen LogP contribution in [0, 0.1) is 5.41 Å². The van der Waals surface area contributed by atoms with E-state index in [1.54, 1.807) is 0 Å². The maximum absolute atomic E-state index is 12.7. The molecule has 0 saturated heterocycles. The summed E-state index contributed by atoms with van der Waals surface area (Å²) in [4.78, 5) is 16.8. The topological polar surface area (TPSA) is 49.6 Å². The number of likely N-dealkylation sites (N-methyl/N-ethyl adjacent to an activating group) is 2. The molecule has 19 heavy (non-hydrogen) atoms. The fourth-order valence-electron chi connectivity index (χ4n) is 2.60. The SMILES string of the molecule is CN(CC1(N(C)C)CCC1)C(=O)C(C)(C)C(C)(C)N. The lowest BCUT2D eigenvalue weighted by Crippen LogP contribution is -2.61. The summed E-state index contributed by atoms with van der Waals surface area (Å²) >= 11 is 0. The number of nitrogens with zero attached hydrogens (tertiary/aromatic N) is 2. The summed E-state index contributed by atoms with van der Waals surface area (Å²) in [6.45, 7) is 8.51. The maximum atomic E-state index is 12.7. The van der Waals surface area contributed by atoms with E-state index in [1.165, 1.54) is 19.3 Å². The zero-order valence-electron chi connectivity index (χ0n) is 13.7. The highest BCUT2D eigenvalue weighted by Crippen LogP contribution is 2.38. The Hall–Kier alpha value is -0.610. The number of carbonyl (C=O) groups excluding carboxylic acids is 1. The highest BCUT2D eigenvalue weighted by Gasteiger charge is 2.45. The fourth-order valence-corrected chi connectivity index (χ4v) is 2.60. The number of amides is 1. The highest BCUT2D eigenvalue weighted by molar-refractivity contribution is 5.83. The van der Waals surface area contributed by atoms with Gasteiger partial charge in [-0.2, -0.15) is 0 Å². The molecule has 0 unspecified atom stereocenters. The van der Waals surface area contributed by atoms with Gasteiger partial charge in [-0.15, -0.1) is 0 Å². The normalized spacial score (nSPS) is 19.2. The average molecular weight is 269 g/mol. The lowest BCUT2D eigenvalue weighted by atomic mass is 9.72. The zero-order valence-corrected chi connectivity index (χ0v) is 13.7. The zero-order chi connectivity index (χ0) is 15.1. The van der Waals surface area contributed by atoms with Crippen molar-refractivity contribution in [3.63, 3.8) is 0 Å². The molecule has 112 valence electrons. The van der Waals surface area contributed by atoms with Gasteiger partial charge in [0.2, 0.25) is 5.91 Å². The molecular weight excluding hydrogens is 238 g/mol. The third-order valence-corrected chi connectivity index (χ3v) is 5.26. The molecule has 0 aromatic heterocycles. The van der Waals surface area contributed by atoms with Crippen LogP contribution < -0.4 is 5.73 Å². The summed E-state index contributed by atoms with van der Waals surface area (Å²) < 4.78 is 0. The molecule has 2 N–H and O–H groups in total. The molecule has 1 aliphatic carbocycles. The van der Waals surface area contributed by atoms with E-state index in [2.05, 4.69) is 19.0 Å². The van der Waals surface area contributed by atoms with Crippen molar-refractivity contribution >= 4 is 5.91 Å². The lowest BCUT2D eigenvalue weighted by Gasteiger charge is -2.50. The van der Waals surface area contributed by atoms with Gasteiger partial charge < -0.3 is 15.5 Å². The van der Waals surface area contributed by atoms with E-state index in [0.29, 0.717) is 0 Å². The largest absolute Gasteiger partial charge is 0.343 e. The second-order valence-electron chi connectivity index (χ2n) is 7.48. The van der Waals surface area contributed by atoms with Gasteiger partial charge in [-0.1, -0.05) is 0 Å². The first kappa shape index (κ1) is 16.4. The summed E-state index contributed by atoms with van der Waals surface area (Å²) in [5.41, 5.74) is 5.25. The Bertz CT molecular complexity index is 338. The molecule has 0 spiro atoms. The Labute approximate surface area is 118 Å². The van der Waals surface area contributed by atoms with Crippen LogP contribution in [0.4, 0.5) is 0 Å². The first-order chi connectivity index (χ1) is 8.44. The molecule has 0 atom stereocenters. The maximum Gasteiger partial charge on any atom is 0.229 e. The minimum Gasteiger partial charge on any atom is -0.343 e. The minimum absolute atomic E-state index is 0.133. The molecular formula is C15H31N3O. The average Bonchev–Trinajstić information content (AvgIpc) is 2.19. The third kappa shape index (κ3) is 2.95. The number of carbonyl (C=O) groups is 1. The first-order valence-corrected chi connectivity index (χ1v) is 7.16. The van der Waals surface area contributed by atoms with E-state index in [4.69, 9.17) is 5.73 Å². The van der Waals surface area contributed by atoms with E-state index in [0.717, 1.165) is 6.54 Å². The fraction of sp³-hybridized carbons (Fsp3) is 0.933. The van der Waals surface area contributed by atoms with Gasteiger partial charge in [0.15, 0.2) is 0 Å². The van der Waals surface area contributed by atoms with Gasteiger partial charge in [0.25, 0.3) is 0 Å². The van der Waals surface area contributed by atoms with Crippen molar-refractivity contribution in [1.82, 2.24) is 9.80 Å². The number of nitrogens with two attached hydrogens (primary N) is 1. The van der Waals surface area contributed by atoms with Gasteiger partial charge in [-0.05, 0) is 61.1 Å². The molecule has 4 heteroatoms. The van der Waals surface area contributed by atoms with Crippen molar-refractivity contribution in [3.8, 4) is 0 Å². The number of hydrogen-bond donors (Lipinski definition) is 1. The molecule has 1 amide bonds. The van der Waals surface area contributed by atoms with E-state index in [9.17, 15) is 4.79 Å². The standard InChI is InChI=1S/C15H31N3O/c1-13(2,14(3,4)16)12(19)18(7)11-15(17(5)6)9-8-10-15/h8-11,16H2,1-7H3. The lowest BCUT2D eigenvalue weighted by molar-refractivity contribution is -0.144. The van der Waals surface area contributed by atoms with E-state index < -0.39 is 11.0 Å². The van der Waals surface area contributed by atoms with Crippen LogP contribution in [0.2, 0.25) is 0 Å². The molecule has 0 bridgehead atoms. The minimum atomic E-state index is -0.557. The molecule has 0 aliphatic heterocycles. The molecule has 1 aliphatic rings. The predicted octanol–water partition coefficient (Wildman–Crippen LogP) is 1.69. The van der Waals surface area contributed by atoms with Crippen LogP contribution in [0.1, 0.15) is 47.0 Å². The summed E-state index contributed by atoms with van der Waals surface area (Å²) in [5.74, 6) is 0.133. The highest BCUT2D eigenvalue weighted by atomic mass is 16.2. The Morgan fingerprint density at radius 2 is 1.63 bits per heavy atom. The van der Waals surface area contributed by atoms with Crippen molar-refractivity contribution in [1.29, 1.82) is 0 Å². The van der Waals surface area contributed by atoms with Gasteiger partial charge in [-0.25, -0.2) is 0 Å². The Morgan fingerprint density at radius 3 is 1.89 bits per heavy atom. The van der Waals surface area contributed by atoms with Gasteiger partial charge in [0.05, 0.1) is 5.41 Å². The molecule has 1 fully saturated rings. The summed E-state index contributed by atoms with van der Waals surface area (Å²) in [7, 11) is 6.12. The molecule has 0 aromatic carbocycles. The van der Waals surface area contributed by atoms with Crippen LogP contribution in [-0.4, -0.2) is 54.5 Å². The van der Waals surface area contributed by atoms with Crippen LogP contribution in [0.3, 0.4) is 0 Å². The monoisotopic (exact) mass is 269 g/mol. The Morgan fingerprint density at radius 1 is 1.16 bits per heavy atom. The third-order valence-electron chi connectivity index (χ3n) is 5.26. The van der Waals surface area contributed by atoms with E-state index >= 15 is 0 Å². The van der Waals surface area contributed by atoms with E-state index in [1.807, 2.05) is 39.6 Å². The molecule has 4 nitrogen and oxygen atoms in total. The van der Waals surface area contributed by atoms with Crippen molar-refractivity contribution in [3.05, 3.63) is 0 Å². The van der Waals surface area contributed by atoms with E-state index in [-0.39, 0.29) is 11.4 Å². The van der Waals surface area contributed by atoms with Crippen LogP contribution in [0.15, 0.2) is 0 Å². The van der Waals surface area contributed by atoms with Crippen LogP contribution in [-0.2, 0) is 4.79 Å². The van der Waals surface area contributed by atoms with Crippen molar-refractivity contribution in [2.75, 3.05) is 27.7 Å². The molecule has 0 heterocycles. The molecule has 1 rings (SSSR count). The van der Waals surface area contributed by atoms with Crippen LogP contribution in [0.25, 0.3) is 0 Å². The van der Waals surface area contributed by atoms with Gasteiger partial charge >= 0.3 is 0 Å². The van der Waals surface area contributed by atoms with Gasteiger partial charge in [-0.3, -0.25) is 4.79 Å². The molecule has 0 aromatic rings. The second kappa shape index (κ2) is 5.06. The second-order valence-corrected chi connectivity index (χ2v) is 7.48. The summed E-state index contributed by atoms with van der Waals surface area (Å²) in [5, 5.41) is 0. The van der Waals surface area contributed by atoms with Crippen LogP contribution >= 0.6 is 0 Å². The smallest absolute Gasteiger partial charge is 0.229 e. The predicted molar refractivity (Wildman–Crippen MR) is 80.0 cm³/mol. The van der Waals surface area contributed by atoms with Crippen molar-refractivity contribution < 1.29 is 4.79 Å². The van der Waals surface area contributed by atoms with Crippen molar-refractivity contribution in [2.45, 2.75) is 58.0 Å². The Balaban J connectivity index is 2.79. The van der Waals surface area contributed by atoms with Gasteiger partial charge in [0.1, 0.15) is 0 Å². The summed E-state index contributed by atoms with van der Waals surface area (Å²) in [6, 6.07) is 0.